The van der Waals surface area contributed by atoms with E-state index >= 15 is 0 Å². The minimum absolute atomic E-state index is 0.181. The third kappa shape index (κ3) is 2.61. The number of carbonyl (C=O) groups is 1. The Balaban J connectivity index is 1.54. The van der Waals surface area contributed by atoms with Crippen LogP contribution in [0.1, 0.15) is 17.5 Å². The van der Waals surface area contributed by atoms with Crippen LogP contribution >= 0.6 is 0 Å². The molecular formula is C24H20N2O2. The number of para-hydroxylation sites is 2. The van der Waals surface area contributed by atoms with E-state index in [0.717, 1.165) is 22.2 Å². The maximum absolute atomic E-state index is 13.3. The van der Waals surface area contributed by atoms with Crippen molar-refractivity contribution in [2.45, 2.75) is 24.5 Å². The number of aromatic nitrogens is 2. The number of nitrogens with zero attached hydrogens (tertiary/aromatic N) is 2. The number of cyclic esters (lactones) is 1. The highest BCUT2D eigenvalue weighted by Crippen LogP contribution is 2.43. The molecule has 1 atom stereocenters. The van der Waals surface area contributed by atoms with E-state index in [1.54, 1.807) is 0 Å². The fourth-order valence-electron chi connectivity index (χ4n) is 4.28. The summed E-state index contributed by atoms with van der Waals surface area (Å²) in [4.78, 5) is 17.7. The smallest absolute Gasteiger partial charge is 0.321 e. The third-order valence-electron chi connectivity index (χ3n) is 5.62. The van der Waals surface area contributed by atoms with Gasteiger partial charge < -0.3 is 9.30 Å². The molecule has 1 saturated heterocycles. The van der Waals surface area contributed by atoms with Crippen molar-refractivity contribution in [3.05, 3.63) is 102 Å². The number of benzene rings is 3. The summed E-state index contributed by atoms with van der Waals surface area (Å²) in [5, 5.41) is 0. The van der Waals surface area contributed by atoms with Crippen LogP contribution in [0.5, 0.6) is 0 Å². The summed E-state index contributed by atoms with van der Waals surface area (Å²) in [6, 6.07) is 27.9. The molecule has 2 heterocycles. The number of rotatable bonds is 4. The van der Waals surface area contributed by atoms with Crippen LogP contribution in [-0.2, 0) is 21.5 Å². The third-order valence-corrected chi connectivity index (χ3v) is 5.62. The Bertz CT molecular complexity index is 1080. The van der Waals surface area contributed by atoms with E-state index in [-0.39, 0.29) is 12.1 Å². The Morgan fingerprint density at radius 1 is 0.893 bits per heavy atom. The maximum atomic E-state index is 13.3. The second-order valence-corrected chi connectivity index (χ2v) is 7.25. The second kappa shape index (κ2) is 6.64. The van der Waals surface area contributed by atoms with Crippen molar-refractivity contribution in [2.24, 2.45) is 0 Å². The highest BCUT2D eigenvalue weighted by Gasteiger charge is 2.51. The molecule has 0 aliphatic carbocycles. The minimum Gasteiger partial charge on any atom is -0.459 e. The fourth-order valence-corrected chi connectivity index (χ4v) is 4.28. The lowest BCUT2D eigenvalue weighted by Gasteiger charge is -2.26. The van der Waals surface area contributed by atoms with Gasteiger partial charge >= 0.3 is 5.97 Å². The molecule has 0 radical (unpaired) electrons. The van der Waals surface area contributed by atoms with Gasteiger partial charge in [0.1, 0.15) is 11.5 Å². The second-order valence-electron chi connectivity index (χ2n) is 7.25. The molecule has 3 aromatic carbocycles. The topological polar surface area (TPSA) is 44.1 Å². The first-order valence-corrected chi connectivity index (χ1v) is 9.49. The molecule has 4 heteroatoms. The maximum Gasteiger partial charge on any atom is 0.321 e. The molecule has 138 valence electrons. The Hall–Kier alpha value is -3.40. The highest BCUT2D eigenvalue weighted by molar-refractivity contribution is 5.89. The summed E-state index contributed by atoms with van der Waals surface area (Å²) in [5.74, 6) is -0.181. The lowest BCUT2D eigenvalue weighted by molar-refractivity contribution is -0.144. The number of ether oxygens (including phenoxy) is 1. The Kier molecular flexibility index (Phi) is 3.97. The SMILES string of the molecule is O=C1OC(Cn2cnc3ccccc32)CC1(c1ccccc1)c1ccccc1. The van der Waals surface area contributed by atoms with Gasteiger partial charge in [0, 0.05) is 6.42 Å². The zero-order valence-corrected chi connectivity index (χ0v) is 15.4. The van der Waals surface area contributed by atoms with Crippen molar-refractivity contribution in [1.82, 2.24) is 9.55 Å². The highest BCUT2D eigenvalue weighted by atomic mass is 16.6. The first kappa shape index (κ1) is 16.8. The largest absolute Gasteiger partial charge is 0.459 e. The molecule has 1 aliphatic heterocycles. The zero-order chi connectivity index (χ0) is 19.0. The van der Waals surface area contributed by atoms with E-state index in [2.05, 4.69) is 9.55 Å². The standard InChI is InChI=1S/C24H20N2O2/c27-23-24(18-9-3-1-4-10-18,19-11-5-2-6-12-19)15-20(28-23)16-26-17-25-21-13-7-8-14-22(21)26/h1-14,17,20H,15-16H2. The van der Waals surface area contributed by atoms with Gasteiger partial charge in [-0.1, -0.05) is 72.8 Å². The Labute approximate surface area is 163 Å². The predicted molar refractivity (Wildman–Crippen MR) is 108 cm³/mol. The zero-order valence-electron chi connectivity index (χ0n) is 15.4. The molecule has 28 heavy (non-hydrogen) atoms. The molecule has 0 N–H and O–H groups in total. The van der Waals surface area contributed by atoms with Crippen LogP contribution in [0, 0.1) is 0 Å². The number of fused-ring (bicyclic) bond motifs is 1. The van der Waals surface area contributed by atoms with Crippen LogP contribution in [0.15, 0.2) is 91.3 Å². The van der Waals surface area contributed by atoms with Crippen molar-refractivity contribution in [3.63, 3.8) is 0 Å². The minimum atomic E-state index is -0.774. The van der Waals surface area contributed by atoms with E-state index in [9.17, 15) is 4.79 Å². The van der Waals surface area contributed by atoms with Crippen LogP contribution < -0.4 is 0 Å². The first-order valence-electron chi connectivity index (χ1n) is 9.49. The number of esters is 1. The molecule has 0 bridgehead atoms. The van der Waals surface area contributed by atoms with Gasteiger partial charge in [-0.2, -0.15) is 0 Å². The van der Waals surface area contributed by atoms with Gasteiger partial charge in [0.15, 0.2) is 0 Å². The summed E-state index contributed by atoms with van der Waals surface area (Å²) in [7, 11) is 0. The van der Waals surface area contributed by atoms with E-state index < -0.39 is 5.41 Å². The van der Waals surface area contributed by atoms with Gasteiger partial charge in [-0.15, -0.1) is 0 Å². The molecule has 4 nitrogen and oxygen atoms in total. The molecular weight excluding hydrogens is 348 g/mol. The summed E-state index contributed by atoms with van der Waals surface area (Å²) in [6.07, 6.45) is 2.21. The molecule has 1 unspecified atom stereocenters. The van der Waals surface area contributed by atoms with Crippen molar-refractivity contribution < 1.29 is 9.53 Å². The lowest BCUT2D eigenvalue weighted by atomic mass is 9.72. The normalized spacial score (nSPS) is 18.3. The van der Waals surface area contributed by atoms with E-state index in [4.69, 9.17) is 4.74 Å². The van der Waals surface area contributed by atoms with Gasteiger partial charge in [-0.3, -0.25) is 4.79 Å². The molecule has 5 rings (SSSR count). The van der Waals surface area contributed by atoms with E-state index in [1.807, 2.05) is 91.3 Å². The van der Waals surface area contributed by atoms with Crippen molar-refractivity contribution in [1.29, 1.82) is 0 Å². The molecule has 0 amide bonds. The van der Waals surface area contributed by atoms with Crippen LogP contribution in [0.2, 0.25) is 0 Å². The fraction of sp³-hybridized carbons (Fsp3) is 0.167. The van der Waals surface area contributed by atoms with Gasteiger partial charge in [-0.05, 0) is 23.3 Å². The van der Waals surface area contributed by atoms with Gasteiger partial charge in [0.2, 0.25) is 0 Å². The number of imidazole rings is 1. The predicted octanol–water partition coefficient (Wildman–Crippen LogP) is 4.34. The average Bonchev–Trinajstić information content (AvgIpc) is 3.31. The van der Waals surface area contributed by atoms with Crippen LogP contribution in [-0.4, -0.2) is 21.6 Å². The summed E-state index contributed by atoms with van der Waals surface area (Å²) >= 11 is 0. The van der Waals surface area contributed by atoms with Crippen molar-refractivity contribution in [3.8, 4) is 0 Å². The summed E-state index contributed by atoms with van der Waals surface area (Å²) in [5.41, 5.74) is 3.18. The Morgan fingerprint density at radius 2 is 1.50 bits per heavy atom. The summed E-state index contributed by atoms with van der Waals surface area (Å²) in [6.45, 7) is 0.591. The van der Waals surface area contributed by atoms with Gasteiger partial charge in [0.05, 0.1) is 23.9 Å². The van der Waals surface area contributed by atoms with E-state index in [1.165, 1.54) is 0 Å². The monoisotopic (exact) mass is 368 g/mol. The lowest BCUT2D eigenvalue weighted by Crippen LogP contribution is -2.33. The Morgan fingerprint density at radius 3 is 2.18 bits per heavy atom. The summed E-state index contributed by atoms with van der Waals surface area (Å²) < 4.78 is 7.99. The van der Waals surface area contributed by atoms with Crippen molar-refractivity contribution >= 4 is 17.0 Å². The molecule has 1 aliphatic rings. The molecule has 1 aromatic heterocycles. The average molecular weight is 368 g/mol. The number of hydrogen-bond donors (Lipinski definition) is 0. The van der Waals surface area contributed by atoms with Gasteiger partial charge in [-0.25, -0.2) is 4.98 Å². The molecule has 4 aromatic rings. The first-order chi connectivity index (χ1) is 13.8. The van der Waals surface area contributed by atoms with Crippen LogP contribution in [0.25, 0.3) is 11.0 Å². The van der Waals surface area contributed by atoms with Crippen LogP contribution in [0.4, 0.5) is 0 Å². The quantitative estimate of drug-likeness (QED) is 0.504. The molecule has 0 spiro atoms. The number of hydrogen-bond acceptors (Lipinski definition) is 3. The van der Waals surface area contributed by atoms with Crippen LogP contribution in [0.3, 0.4) is 0 Å². The molecule has 1 fully saturated rings. The number of carbonyl (C=O) groups excluding carboxylic acids is 1. The van der Waals surface area contributed by atoms with E-state index in [0.29, 0.717) is 13.0 Å². The molecule has 0 saturated carbocycles. The van der Waals surface area contributed by atoms with Crippen molar-refractivity contribution in [2.75, 3.05) is 0 Å². The van der Waals surface area contributed by atoms with Gasteiger partial charge in [0.25, 0.3) is 0 Å².